The van der Waals surface area contributed by atoms with Crippen LogP contribution in [-0.2, 0) is 5.88 Å². The van der Waals surface area contributed by atoms with Crippen molar-refractivity contribution in [3.63, 3.8) is 0 Å². The van der Waals surface area contributed by atoms with Crippen LogP contribution in [0.3, 0.4) is 0 Å². The van der Waals surface area contributed by atoms with Crippen LogP contribution in [0, 0.1) is 0 Å². The minimum absolute atomic E-state index is 0.0149. The SMILES string of the molecule is CCCN(CC(F)(F)F)c1nnc(CCl)o1. The Kier molecular flexibility index (Phi) is 4.40. The molecule has 92 valence electrons. The highest BCUT2D eigenvalue weighted by atomic mass is 35.5. The zero-order valence-electron chi connectivity index (χ0n) is 8.59. The van der Waals surface area contributed by atoms with E-state index < -0.39 is 12.7 Å². The Morgan fingerprint density at radius 2 is 2.06 bits per heavy atom. The Hall–Kier alpha value is -0.980. The highest BCUT2D eigenvalue weighted by Gasteiger charge is 2.32. The van der Waals surface area contributed by atoms with Crippen molar-refractivity contribution >= 4 is 17.6 Å². The summed E-state index contributed by atoms with van der Waals surface area (Å²) in [4.78, 5) is 0.989. The molecule has 8 heteroatoms. The normalized spacial score (nSPS) is 11.8. The molecular formula is C8H11ClF3N3O. The average Bonchev–Trinajstić information content (AvgIpc) is 2.63. The van der Waals surface area contributed by atoms with Crippen LogP contribution in [0.1, 0.15) is 19.2 Å². The molecule has 0 aromatic carbocycles. The molecule has 0 atom stereocenters. The Morgan fingerprint density at radius 1 is 1.38 bits per heavy atom. The fourth-order valence-corrected chi connectivity index (χ4v) is 1.26. The van der Waals surface area contributed by atoms with E-state index in [0.717, 1.165) is 4.90 Å². The lowest BCUT2D eigenvalue weighted by Crippen LogP contribution is -2.35. The third-order valence-electron chi connectivity index (χ3n) is 1.70. The first-order chi connectivity index (χ1) is 7.46. The third kappa shape index (κ3) is 3.88. The third-order valence-corrected chi connectivity index (χ3v) is 1.93. The van der Waals surface area contributed by atoms with E-state index in [-0.39, 0.29) is 24.3 Å². The number of alkyl halides is 4. The maximum absolute atomic E-state index is 12.2. The summed E-state index contributed by atoms with van der Waals surface area (Å²) in [6.07, 6.45) is -3.75. The van der Waals surface area contributed by atoms with Gasteiger partial charge in [-0.05, 0) is 6.42 Å². The molecule has 0 aliphatic heterocycles. The molecule has 0 saturated carbocycles. The maximum atomic E-state index is 12.2. The minimum Gasteiger partial charge on any atom is -0.407 e. The van der Waals surface area contributed by atoms with Crippen molar-refractivity contribution in [2.24, 2.45) is 0 Å². The lowest BCUT2D eigenvalue weighted by atomic mass is 10.4. The van der Waals surface area contributed by atoms with Gasteiger partial charge in [0.05, 0.1) is 0 Å². The van der Waals surface area contributed by atoms with Crippen molar-refractivity contribution in [1.82, 2.24) is 10.2 Å². The van der Waals surface area contributed by atoms with Crippen LogP contribution in [0.2, 0.25) is 0 Å². The summed E-state index contributed by atoms with van der Waals surface area (Å²) in [5.74, 6) is 0.0962. The second-order valence-corrected chi connectivity index (χ2v) is 3.42. The standard InChI is InChI=1S/C8H11ClF3N3O/c1-2-3-15(5-8(10,11)12)7-14-13-6(4-9)16-7/h2-5H2,1H3. The van der Waals surface area contributed by atoms with Crippen molar-refractivity contribution in [3.8, 4) is 0 Å². The number of aromatic nitrogens is 2. The maximum Gasteiger partial charge on any atom is 0.406 e. The fraction of sp³-hybridized carbons (Fsp3) is 0.750. The molecule has 0 unspecified atom stereocenters. The lowest BCUT2D eigenvalue weighted by molar-refractivity contribution is -0.120. The summed E-state index contributed by atoms with van der Waals surface area (Å²) >= 11 is 5.42. The second kappa shape index (κ2) is 5.38. The number of hydrogen-bond acceptors (Lipinski definition) is 4. The summed E-state index contributed by atoms with van der Waals surface area (Å²) in [5.41, 5.74) is 0. The smallest absolute Gasteiger partial charge is 0.406 e. The zero-order valence-corrected chi connectivity index (χ0v) is 9.35. The predicted molar refractivity (Wildman–Crippen MR) is 52.4 cm³/mol. The quantitative estimate of drug-likeness (QED) is 0.761. The van der Waals surface area contributed by atoms with Crippen molar-refractivity contribution in [3.05, 3.63) is 5.89 Å². The highest BCUT2D eigenvalue weighted by Crippen LogP contribution is 2.21. The van der Waals surface area contributed by atoms with Crippen LogP contribution < -0.4 is 4.90 Å². The van der Waals surface area contributed by atoms with Crippen molar-refractivity contribution in [2.75, 3.05) is 18.0 Å². The van der Waals surface area contributed by atoms with Crippen LogP contribution in [0.15, 0.2) is 4.42 Å². The number of halogens is 4. The number of hydrogen-bond donors (Lipinski definition) is 0. The summed E-state index contributed by atoms with van der Waals surface area (Å²) in [5, 5.41) is 7.03. The molecule has 0 N–H and O–H groups in total. The van der Waals surface area contributed by atoms with Gasteiger partial charge in [-0.15, -0.1) is 16.7 Å². The molecule has 1 aromatic heterocycles. The molecular weight excluding hydrogens is 247 g/mol. The van der Waals surface area contributed by atoms with E-state index >= 15 is 0 Å². The molecule has 1 rings (SSSR count). The van der Waals surface area contributed by atoms with Gasteiger partial charge in [-0.1, -0.05) is 12.0 Å². The van der Waals surface area contributed by atoms with Gasteiger partial charge in [0.1, 0.15) is 12.4 Å². The Morgan fingerprint density at radius 3 is 2.50 bits per heavy atom. The molecule has 0 radical (unpaired) electrons. The molecule has 0 saturated heterocycles. The summed E-state index contributed by atoms with van der Waals surface area (Å²) in [7, 11) is 0. The van der Waals surface area contributed by atoms with E-state index in [1.807, 2.05) is 0 Å². The van der Waals surface area contributed by atoms with Crippen LogP contribution in [0.25, 0.3) is 0 Å². The van der Waals surface area contributed by atoms with Gasteiger partial charge in [0.15, 0.2) is 0 Å². The number of nitrogens with zero attached hydrogens (tertiary/aromatic N) is 3. The van der Waals surface area contributed by atoms with E-state index in [2.05, 4.69) is 10.2 Å². The van der Waals surface area contributed by atoms with Gasteiger partial charge in [-0.25, -0.2) is 0 Å². The molecule has 0 aliphatic carbocycles. The summed E-state index contributed by atoms with van der Waals surface area (Å²) in [6.45, 7) is 0.858. The molecule has 0 aliphatic rings. The lowest BCUT2D eigenvalue weighted by Gasteiger charge is -2.20. The summed E-state index contributed by atoms with van der Waals surface area (Å²) < 4.78 is 41.7. The van der Waals surface area contributed by atoms with Gasteiger partial charge in [0, 0.05) is 6.54 Å². The first kappa shape index (κ1) is 13.1. The van der Waals surface area contributed by atoms with E-state index in [1.165, 1.54) is 0 Å². The molecule has 1 aromatic rings. The number of rotatable bonds is 5. The van der Waals surface area contributed by atoms with Crippen LogP contribution in [-0.4, -0.2) is 29.5 Å². The van der Waals surface area contributed by atoms with Crippen molar-refractivity contribution in [2.45, 2.75) is 25.4 Å². The first-order valence-corrected chi connectivity index (χ1v) is 5.19. The van der Waals surface area contributed by atoms with Crippen LogP contribution >= 0.6 is 11.6 Å². The molecule has 4 nitrogen and oxygen atoms in total. The van der Waals surface area contributed by atoms with E-state index in [1.54, 1.807) is 6.92 Å². The van der Waals surface area contributed by atoms with Gasteiger partial charge >= 0.3 is 12.2 Å². The van der Waals surface area contributed by atoms with E-state index in [4.69, 9.17) is 16.0 Å². The second-order valence-electron chi connectivity index (χ2n) is 3.15. The Labute approximate surface area is 95.4 Å². The first-order valence-electron chi connectivity index (χ1n) is 4.66. The van der Waals surface area contributed by atoms with E-state index in [9.17, 15) is 13.2 Å². The topological polar surface area (TPSA) is 42.2 Å². The van der Waals surface area contributed by atoms with Gasteiger partial charge in [0.25, 0.3) is 0 Å². The Bertz CT molecular complexity index is 329. The summed E-state index contributed by atoms with van der Waals surface area (Å²) in [6, 6.07) is -0.144. The number of anilines is 1. The zero-order chi connectivity index (χ0) is 12.2. The Balaban J connectivity index is 2.76. The monoisotopic (exact) mass is 257 g/mol. The average molecular weight is 258 g/mol. The highest BCUT2D eigenvalue weighted by molar-refractivity contribution is 6.16. The van der Waals surface area contributed by atoms with Gasteiger partial charge in [-0.3, -0.25) is 0 Å². The fourth-order valence-electron chi connectivity index (χ4n) is 1.16. The molecule has 0 amide bonds. The molecule has 0 fully saturated rings. The van der Waals surface area contributed by atoms with Crippen LogP contribution in [0.4, 0.5) is 19.2 Å². The predicted octanol–water partition coefficient (Wildman–Crippen LogP) is 2.59. The molecule has 0 bridgehead atoms. The van der Waals surface area contributed by atoms with Crippen molar-refractivity contribution < 1.29 is 17.6 Å². The van der Waals surface area contributed by atoms with Crippen LogP contribution in [0.5, 0.6) is 0 Å². The van der Waals surface area contributed by atoms with Gasteiger partial charge in [0.2, 0.25) is 5.89 Å². The molecule has 1 heterocycles. The van der Waals surface area contributed by atoms with Gasteiger partial charge in [-0.2, -0.15) is 13.2 Å². The molecule has 0 spiro atoms. The minimum atomic E-state index is -4.30. The molecule has 16 heavy (non-hydrogen) atoms. The van der Waals surface area contributed by atoms with E-state index in [0.29, 0.717) is 6.42 Å². The van der Waals surface area contributed by atoms with Crippen molar-refractivity contribution in [1.29, 1.82) is 0 Å². The van der Waals surface area contributed by atoms with Gasteiger partial charge < -0.3 is 9.32 Å². The largest absolute Gasteiger partial charge is 0.407 e.